The van der Waals surface area contributed by atoms with E-state index in [0.717, 1.165) is 11.1 Å². The van der Waals surface area contributed by atoms with Gasteiger partial charge in [-0.3, -0.25) is 4.79 Å². The van der Waals surface area contributed by atoms with Gasteiger partial charge >= 0.3 is 5.97 Å². The van der Waals surface area contributed by atoms with E-state index in [1.807, 2.05) is 37.3 Å². The number of esters is 1. The Bertz CT molecular complexity index is 690. The average molecular weight is 298 g/mol. The molecule has 4 heteroatoms. The molecular formula is C18H18O4. The second-order valence-corrected chi connectivity index (χ2v) is 4.99. The molecular weight excluding hydrogens is 280 g/mol. The lowest BCUT2D eigenvalue weighted by molar-refractivity contribution is 0.0595. The summed E-state index contributed by atoms with van der Waals surface area (Å²) in [5.41, 5.74) is 2.51. The summed E-state index contributed by atoms with van der Waals surface area (Å²) in [7, 11) is 1.30. The summed E-state index contributed by atoms with van der Waals surface area (Å²) in [6, 6.07) is 12.9. The lowest BCUT2D eigenvalue weighted by atomic mass is 10.0. The van der Waals surface area contributed by atoms with Gasteiger partial charge in [0.05, 0.1) is 7.11 Å². The molecule has 0 aromatic heterocycles. The normalized spacial score (nSPS) is 10.1. The number of ether oxygens (including phenoxy) is 2. The van der Waals surface area contributed by atoms with Crippen LogP contribution < -0.4 is 4.74 Å². The van der Waals surface area contributed by atoms with Gasteiger partial charge in [0.1, 0.15) is 17.9 Å². The van der Waals surface area contributed by atoms with Crippen LogP contribution in [0, 0.1) is 6.92 Å². The van der Waals surface area contributed by atoms with Gasteiger partial charge in [0, 0.05) is 5.56 Å². The molecule has 22 heavy (non-hydrogen) atoms. The second-order valence-electron chi connectivity index (χ2n) is 4.99. The Hall–Kier alpha value is -2.62. The first-order valence-electron chi connectivity index (χ1n) is 6.93. The summed E-state index contributed by atoms with van der Waals surface area (Å²) >= 11 is 0. The largest absolute Gasteiger partial charge is 0.488 e. The number of carbonyl (C=O) groups is 2. The Morgan fingerprint density at radius 3 is 2.32 bits per heavy atom. The number of hydrogen-bond acceptors (Lipinski definition) is 4. The Labute approximate surface area is 129 Å². The summed E-state index contributed by atoms with van der Waals surface area (Å²) in [5.74, 6) is -0.207. The summed E-state index contributed by atoms with van der Waals surface area (Å²) in [5, 5.41) is 0. The molecule has 0 saturated heterocycles. The van der Waals surface area contributed by atoms with E-state index in [4.69, 9.17) is 9.47 Å². The van der Waals surface area contributed by atoms with Crippen molar-refractivity contribution >= 4 is 11.8 Å². The molecule has 0 heterocycles. The molecule has 0 radical (unpaired) electrons. The van der Waals surface area contributed by atoms with Crippen molar-refractivity contribution in [1.82, 2.24) is 0 Å². The van der Waals surface area contributed by atoms with E-state index in [1.54, 1.807) is 6.07 Å². The van der Waals surface area contributed by atoms with Gasteiger partial charge in [0.2, 0.25) is 0 Å². The maximum Gasteiger partial charge on any atom is 0.341 e. The Morgan fingerprint density at radius 2 is 1.73 bits per heavy atom. The van der Waals surface area contributed by atoms with E-state index in [1.165, 1.54) is 20.1 Å². The maximum atomic E-state index is 11.9. The third kappa shape index (κ3) is 3.52. The zero-order chi connectivity index (χ0) is 16.1. The molecule has 0 atom stereocenters. The molecule has 0 aliphatic rings. The highest BCUT2D eigenvalue weighted by molar-refractivity contribution is 6.00. The lowest BCUT2D eigenvalue weighted by Gasteiger charge is -2.13. The molecule has 0 spiro atoms. The molecule has 0 amide bonds. The smallest absolute Gasteiger partial charge is 0.341 e. The van der Waals surface area contributed by atoms with Crippen LogP contribution in [0.5, 0.6) is 5.75 Å². The summed E-state index contributed by atoms with van der Waals surface area (Å²) < 4.78 is 10.5. The zero-order valence-corrected chi connectivity index (χ0v) is 12.9. The standard InChI is InChI=1S/C18H18O4/c1-12-9-17(22-11-14-7-5-4-6-8-14)16(18(20)21-3)10-15(12)13(2)19/h4-10H,11H2,1-3H3. The van der Waals surface area contributed by atoms with Crippen LogP contribution in [0.15, 0.2) is 42.5 Å². The SMILES string of the molecule is COC(=O)c1cc(C(C)=O)c(C)cc1OCc1ccccc1. The van der Waals surface area contributed by atoms with Crippen LogP contribution in [0.25, 0.3) is 0 Å². The highest BCUT2D eigenvalue weighted by atomic mass is 16.5. The monoisotopic (exact) mass is 298 g/mol. The number of methoxy groups -OCH3 is 1. The Morgan fingerprint density at radius 1 is 1.05 bits per heavy atom. The van der Waals surface area contributed by atoms with Crippen LogP contribution in [-0.4, -0.2) is 18.9 Å². The van der Waals surface area contributed by atoms with Gasteiger partial charge in [0.25, 0.3) is 0 Å². The van der Waals surface area contributed by atoms with Crippen LogP contribution >= 0.6 is 0 Å². The number of Topliss-reactive ketones (excluding diaryl/α,β-unsaturated/α-hetero) is 1. The molecule has 4 nitrogen and oxygen atoms in total. The van der Waals surface area contributed by atoms with Gasteiger partial charge in [-0.25, -0.2) is 4.79 Å². The maximum absolute atomic E-state index is 11.9. The molecule has 2 aromatic carbocycles. The van der Waals surface area contributed by atoms with Crippen molar-refractivity contribution in [3.63, 3.8) is 0 Å². The molecule has 0 bridgehead atoms. The van der Waals surface area contributed by atoms with E-state index in [0.29, 0.717) is 17.9 Å². The van der Waals surface area contributed by atoms with Crippen LogP contribution in [0.1, 0.15) is 38.8 Å². The minimum Gasteiger partial charge on any atom is -0.488 e. The zero-order valence-electron chi connectivity index (χ0n) is 12.9. The van der Waals surface area contributed by atoms with Crippen molar-refractivity contribution < 1.29 is 19.1 Å². The molecule has 2 rings (SSSR count). The van der Waals surface area contributed by atoms with Crippen molar-refractivity contribution in [2.24, 2.45) is 0 Å². The van der Waals surface area contributed by atoms with Gasteiger partial charge in [-0.15, -0.1) is 0 Å². The minimum absolute atomic E-state index is 0.0998. The number of rotatable bonds is 5. The molecule has 2 aromatic rings. The first kappa shape index (κ1) is 15.8. The predicted molar refractivity (Wildman–Crippen MR) is 83.3 cm³/mol. The lowest BCUT2D eigenvalue weighted by Crippen LogP contribution is -2.09. The number of benzene rings is 2. The first-order valence-corrected chi connectivity index (χ1v) is 6.93. The van der Waals surface area contributed by atoms with Crippen molar-refractivity contribution in [2.45, 2.75) is 20.5 Å². The minimum atomic E-state index is -0.523. The first-order chi connectivity index (χ1) is 10.5. The highest BCUT2D eigenvalue weighted by Gasteiger charge is 2.18. The van der Waals surface area contributed by atoms with Gasteiger partial charge in [-0.2, -0.15) is 0 Å². The average Bonchev–Trinajstić information content (AvgIpc) is 2.52. The topological polar surface area (TPSA) is 52.6 Å². The molecule has 0 saturated carbocycles. The van der Waals surface area contributed by atoms with E-state index >= 15 is 0 Å². The third-order valence-electron chi connectivity index (χ3n) is 3.35. The second kappa shape index (κ2) is 6.89. The Balaban J connectivity index is 2.34. The highest BCUT2D eigenvalue weighted by Crippen LogP contribution is 2.26. The predicted octanol–water partition coefficient (Wildman–Crippen LogP) is 3.56. The molecule has 0 unspecified atom stereocenters. The summed E-state index contributed by atoms with van der Waals surface area (Å²) in [6.45, 7) is 3.62. The van der Waals surface area contributed by atoms with E-state index in [9.17, 15) is 9.59 Å². The van der Waals surface area contributed by atoms with Gasteiger partial charge < -0.3 is 9.47 Å². The fourth-order valence-corrected chi connectivity index (χ4v) is 2.18. The molecule has 0 N–H and O–H groups in total. The molecule has 0 fully saturated rings. The molecule has 0 aliphatic carbocycles. The van der Waals surface area contributed by atoms with Crippen LogP contribution in [0.2, 0.25) is 0 Å². The van der Waals surface area contributed by atoms with Crippen molar-refractivity contribution in [1.29, 1.82) is 0 Å². The number of carbonyl (C=O) groups excluding carboxylic acids is 2. The summed E-state index contributed by atoms with van der Waals surface area (Å²) in [6.07, 6.45) is 0. The van der Waals surface area contributed by atoms with Crippen LogP contribution in [0.4, 0.5) is 0 Å². The van der Waals surface area contributed by atoms with E-state index in [2.05, 4.69) is 0 Å². The van der Waals surface area contributed by atoms with Gasteiger partial charge in [-0.05, 0) is 37.1 Å². The van der Waals surface area contributed by atoms with Crippen molar-refractivity contribution in [2.75, 3.05) is 7.11 Å². The van der Waals surface area contributed by atoms with Crippen LogP contribution in [-0.2, 0) is 11.3 Å². The number of aryl methyl sites for hydroxylation is 1. The van der Waals surface area contributed by atoms with E-state index in [-0.39, 0.29) is 11.3 Å². The number of hydrogen-bond donors (Lipinski definition) is 0. The van der Waals surface area contributed by atoms with Gasteiger partial charge in [0.15, 0.2) is 5.78 Å². The van der Waals surface area contributed by atoms with E-state index < -0.39 is 5.97 Å². The number of ketones is 1. The fraction of sp³-hybridized carbons (Fsp3) is 0.222. The van der Waals surface area contributed by atoms with Crippen molar-refractivity contribution in [3.05, 3.63) is 64.7 Å². The Kier molecular flexibility index (Phi) is 4.94. The molecule has 114 valence electrons. The van der Waals surface area contributed by atoms with Gasteiger partial charge in [-0.1, -0.05) is 30.3 Å². The molecule has 0 aliphatic heterocycles. The third-order valence-corrected chi connectivity index (χ3v) is 3.35. The van der Waals surface area contributed by atoms with Crippen LogP contribution in [0.3, 0.4) is 0 Å². The summed E-state index contributed by atoms with van der Waals surface area (Å²) in [4.78, 5) is 23.5. The fourth-order valence-electron chi connectivity index (χ4n) is 2.18. The van der Waals surface area contributed by atoms with Crippen molar-refractivity contribution in [3.8, 4) is 5.75 Å². The quantitative estimate of drug-likeness (QED) is 0.625.